The van der Waals surface area contributed by atoms with E-state index in [2.05, 4.69) is 18.7 Å². The number of benzene rings is 1. The van der Waals surface area contributed by atoms with Crippen LogP contribution in [0.3, 0.4) is 0 Å². The van der Waals surface area contributed by atoms with Crippen LogP contribution in [-0.4, -0.2) is 5.78 Å². The van der Waals surface area contributed by atoms with E-state index in [1.165, 1.54) is 5.56 Å². The standard InChI is InChI=1S/C14H18O/c1-9(2)6-13(15)14-11(4)7-10(3)8-12(14)5/h7-8H,1,6H2,2-5H3. The Bertz CT molecular complexity index is 390. The molecule has 15 heavy (non-hydrogen) atoms. The van der Waals surface area contributed by atoms with Gasteiger partial charge in [0.15, 0.2) is 5.78 Å². The highest BCUT2D eigenvalue weighted by atomic mass is 16.1. The summed E-state index contributed by atoms with van der Waals surface area (Å²) in [6, 6.07) is 4.11. The van der Waals surface area contributed by atoms with Gasteiger partial charge in [0.2, 0.25) is 0 Å². The Morgan fingerprint density at radius 3 is 2.07 bits per heavy atom. The molecule has 0 fully saturated rings. The van der Waals surface area contributed by atoms with Crippen molar-refractivity contribution in [2.75, 3.05) is 0 Å². The zero-order valence-electron chi connectivity index (χ0n) is 9.98. The predicted octanol–water partition coefficient (Wildman–Crippen LogP) is 3.76. The van der Waals surface area contributed by atoms with Gasteiger partial charge in [-0.3, -0.25) is 4.79 Å². The Morgan fingerprint density at radius 1 is 1.20 bits per heavy atom. The second kappa shape index (κ2) is 4.43. The quantitative estimate of drug-likeness (QED) is 0.538. The van der Waals surface area contributed by atoms with Gasteiger partial charge < -0.3 is 0 Å². The van der Waals surface area contributed by atoms with E-state index >= 15 is 0 Å². The second-order valence-electron chi connectivity index (χ2n) is 4.33. The van der Waals surface area contributed by atoms with E-state index in [1.54, 1.807) is 0 Å². The van der Waals surface area contributed by atoms with E-state index in [1.807, 2.05) is 27.7 Å². The summed E-state index contributed by atoms with van der Waals surface area (Å²) in [7, 11) is 0. The summed E-state index contributed by atoms with van der Waals surface area (Å²) in [4.78, 5) is 11.9. The molecule has 1 rings (SSSR count). The number of ketones is 1. The third kappa shape index (κ3) is 2.79. The van der Waals surface area contributed by atoms with Gasteiger partial charge in [-0.1, -0.05) is 29.8 Å². The lowest BCUT2D eigenvalue weighted by atomic mass is 9.94. The van der Waals surface area contributed by atoms with Gasteiger partial charge in [-0.2, -0.15) is 0 Å². The van der Waals surface area contributed by atoms with Gasteiger partial charge in [0.25, 0.3) is 0 Å². The molecule has 0 heterocycles. The van der Waals surface area contributed by atoms with E-state index in [4.69, 9.17) is 0 Å². The van der Waals surface area contributed by atoms with Crippen molar-refractivity contribution in [3.05, 3.63) is 46.5 Å². The Morgan fingerprint density at radius 2 is 1.67 bits per heavy atom. The molecule has 1 aromatic rings. The second-order valence-corrected chi connectivity index (χ2v) is 4.33. The Labute approximate surface area is 91.8 Å². The first-order valence-electron chi connectivity index (χ1n) is 5.17. The molecule has 0 amide bonds. The van der Waals surface area contributed by atoms with Crippen LogP contribution in [0, 0.1) is 20.8 Å². The summed E-state index contributed by atoms with van der Waals surface area (Å²) >= 11 is 0. The van der Waals surface area contributed by atoms with Crippen LogP contribution in [0.25, 0.3) is 0 Å². The third-order valence-electron chi connectivity index (χ3n) is 2.42. The van der Waals surface area contributed by atoms with Gasteiger partial charge in [0, 0.05) is 12.0 Å². The highest BCUT2D eigenvalue weighted by Gasteiger charge is 2.12. The third-order valence-corrected chi connectivity index (χ3v) is 2.42. The minimum Gasteiger partial charge on any atom is -0.294 e. The van der Waals surface area contributed by atoms with Crippen LogP contribution in [0.15, 0.2) is 24.3 Å². The molecule has 0 aromatic heterocycles. The van der Waals surface area contributed by atoms with Crippen molar-refractivity contribution in [1.82, 2.24) is 0 Å². The molecule has 0 aliphatic heterocycles. The van der Waals surface area contributed by atoms with Gasteiger partial charge in [0.05, 0.1) is 0 Å². The molecule has 0 bridgehead atoms. The first-order chi connectivity index (χ1) is 6.91. The number of Topliss-reactive ketones (excluding diaryl/α,β-unsaturated/α-hetero) is 1. The molecule has 0 radical (unpaired) electrons. The van der Waals surface area contributed by atoms with Crippen LogP contribution in [0.1, 0.15) is 40.4 Å². The molecule has 0 spiro atoms. The first-order valence-corrected chi connectivity index (χ1v) is 5.17. The molecule has 1 heteroatoms. The van der Waals surface area contributed by atoms with E-state index in [0.29, 0.717) is 6.42 Å². The van der Waals surface area contributed by atoms with Crippen molar-refractivity contribution < 1.29 is 4.79 Å². The average Bonchev–Trinajstić information content (AvgIpc) is 1.99. The number of hydrogen-bond acceptors (Lipinski definition) is 1. The summed E-state index contributed by atoms with van der Waals surface area (Å²) in [5.41, 5.74) is 5.12. The van der Waals surface area contributed by atoms with Gasteiger partial charge >= 0.3 is 0 Å². The minimum atomic E-state index is 0.178. The molecule has 0 N–H and O–H groups in total. The number of rotatable bonds is 3. The molecule has 0 atom stereocenters. The molecular weight excluding hydrogens is 184 g/mol. The van der Waals surface area contributed by atoms with Crippen molar-refractivity contribution >= 4 is 5.78 Å². The molecule has 0 aliphatic rings. The molecule has 0 saturated heterocycles. The SMILES string of the molecule is C=C(C)CC(=O)c1c(C)cc(C)cc1C. The van der Waals surface area contributed by atoms with E-state index < -0.39 is 0 Å². The summed E-state index contributed by atoms with van der Waals surface area (Å²) in [6.45, 7) is 11.7. The average molecular weight is 202 g/mol. The van der Waals surface area contributed by atoms with E-state index in [-0.39, 0.29) is 5.78 Å². The number of allylic oxidation sites excluding steroid dienone is 1. The lowest BCUT2D eigenvalue weighted by Crippen LogP contribution is -2.05. The zero-order valence-corrected chi connectivity index (χ0v) is 9.98. The fraction of sp³-hybridized carbons (Fsp3) is 0.357. The van der Waals surface area contributed by atoms with Gasteiger partial charge in [-0.15, -0.1) is 0 Å². The fourth-order valence-electron chi connectivity index (χ4n) is 1.98. The maximum absolute atomic E-state index is 11.9. The fourth-order valence-corrected chi connectivity index (χ4v) is 1.98. The van der Waals surface area contributed by atoms with E-state index in [9.17, 15) is 4.79 Å². The van der Waals surface area contributed by atoms with Gasteiger partial charge in [-0.05, 0) is 38.8 Å². The number of carbonyl (C=O) groups is 1. The molecule has 0 saturated carbocycles. The largest absolute Gasteiger partial charge is 0.294 e. The van der Waals surface area contributed by atoms with Gasteiger partial charge in [-0.25, -0.2) is 0 Å². The van der Waals surface area contributed by atoms with Gasteiger partial charge in [0.1, 0.15) is 0 Å². The zero-order chi connectivity index (χ0) is 11.6. The predicted molar refractivity (Wildman–Crippen MR) is 64.4 cm³/mol. The Hall–Kier alpha value is -1.37. The molecule has 0 unspecified atom stereocenters. The molecule has 80 valence electrons. The molecule has 1 aromatic carbocycles. The van der Waals surface area contributed by atoms with Crippen molar-refractivity contribution in [2.24, 2.45) is 0 Å². The smallest absolute Gasteiger partial charge is 0.167 e. The Kier molecular flexibility index (Phi) is 3.46. The van der Waals surface area contributed by atoms with Crippen molar-refractivity contribution in [1.29, 1.82) is 0 Å². The minimum absolute atomic E-state index is 0.178. The maximum atomic E-state index is 11.9. The van der Waals surface area contributed by atoms with Crippen molar-refractivity contribution in [3.63, 3.8) is 0 Å². The monoisotopic (exact) mass is 202 g/mol. The summed E-state index contributed by atoms with van der Waals surface area (Å²) in [5, 5.41) is 0. The summed E-state index contributed by atoms with van der Waals surface area (Å²) < 4.78 is 0. The lowest BCUT2D eigenvalue weighted by Gasteiger charge is -2.10. The maximum Gasteiger partial charge on any atom is 0.167 e. The molecular formula is C14H18O. The van der Waals surface area contributed by atoms with Crippen LogP contribution in [0.2, 0.25) is 0 Å². The lowest BCUT2D eigenvalue weighted by molar-refractivity contribution is 0.0992. The highest BCUT2D eigenvalue weighted by molar-refractivity contribution is 6.00. The topological polar surface area (TPSA) is 17.1 Å². The van der Waals surface area contributed by atoms with Crippen molar-refractivity contribution in [2.45, 2.75) is 34.1 Å². The van der Waals surface area contributed by atoms with Crippen LogP contribution < -0.4 is 0 Å². The van der Waals surface area contributed by atoms with Crippen molar-refractivity contribution in [3.8, 4) is 0 Å². The highest BCUT2D eigenvalue weighted by Crippen LogP contribution is 2.19. The number of aryl methyl sites for hydroxylation is 3. The van der Waals surface area contributed by atoms with Crippen LogP contribution in [0.5, 0.6) is 0 Å². The van der Waals surface area contributed by atoms with Crippen LogP contribution >= 0.6 is 0 Å². The Balaban J connectivity index is 3.14. The normalized spacial score (nSPS) is 10.1. The number of hydrogen-bond donors (Lipinski definition) is 0. The first kappa shape index (κ1) is 11.7. The number of carbonyl (C=O) groups excluding carboxylic acids is 1. The van der Waals surface area contributed by atoms with E-state index in [0.717, 1.165) is 22.3 Å². The summed E-state index contributed by atoms with van der Waals surface area (Å²) in [5.74, 6) is 0.178. The molecule has 0 aliphatic carbocycles. The van der Waals surface area contributed by atoms with Crippen LogP contribution in [0.4, 0.5) is 0 Å². The van der Waals surface area contributed by atoms with Crippen LogP contribution in [-0.2, 0) is 0 Å². The summed E-state index contributed by atoms with van der Waals surface area (Å²) in [6.07, 6.45) is 0.449. The molecule has 1 nitrogen and oxygen atoms in total.